The highest BCUT2D eigenvalue weighted by Gasteiger charge is 2.35. The van der Waals surface area contributed by atoms with Crippen LogP contribution in [0.3, 0.4) is 0 Å². The van der Waals surface area contributed by atoms with E-state index in [1.165, 1.54) is 0 Å². The van der Waals surface area contributed by atoms with E-state index in [1.54, 1.807) is 13.8 Å². The first kappa shape index (κ1) is 15.2. The van der Waals surface area contributed by atoms with Gasteiger partial charge in [0, 0.05) is 0 Å². The highest BCUT2D eigenvalue weighted by atomic mass is 31.2. The van der Waals surface area contributed by atoms with E-state index in [0.717, 1.165) is 25.7 Å². The quantitative estimate of drug-likeness (QED) is 0.656. The molecular weight excluding hydrogens is 238 g/mol. The van der Waals surface area contributed by atoms with Crippen LogP contribution in [0.4, 0.5) is 4.20 Å². The van der Waals surface area contributed by atoms with E-state index in [-0.39, 0.29) is 6.10 Å². The molecule has 1 rings (SSSR count). The van der Waals surface area contributed by atoms with Gasteiger partial charge in [0.25, 0.3) is 0 Å². The summed E-state index contributed by atoms with van der Waals surface area (Å²) in [7, 11) is -3.89. The second kappa shape index (κ2) is 5.40. The Morgan fingerprint density at radius 1 is 1.18 bits per heavy atom. The van der Waals surface area contributed by atoms with Crippen LogP contribution in [0, 0.1) is 11.3 Å². The third-order valence-corrected chi connectivity index (χ3v) is 5.63. The van der Waals surface area contributed by atoms with Crippen molar-refractivity contribution in [2.75, 3.05) is 0 Å². The van der Waals surface area contributed by atoms with E-state index >= 15 is 0 Å². The van der Waals surface area contributed by atoms with Gasteiger partial charge in [-0.2, -0.15) is 4.20 Å². The molecule has 1 aliphatic carbocycles. The van der Waals surface area contributed by atoms with Gasteiger partial charge in [0.2, 0.25) is 0 Å². The van der Waals surface area contributed by atoms with Crippen molar-refractivity contribution < 1.29 is 13.3 Å². The molecule has 4 heteroatoms. The molecule has 0 bridgehead atoms. The molecule has 0 aromatic carbocycles. The standard InChI is InChI=1S/C13H26FO2P/c1-10(2)17(14,15)16-12-8-6-11(7-9-12)13(3,4)5/h10-12H,6-9H2,1-5H3. The highest BCUT2D eigenvalue weighted by molar-refractivity contribution is 7.54. The second-order valence-corrected chi connectivity index (χ2v) is 8.85. The van der Waals surface area contributed by atoms with Gasteiger partial charge in [-0.3, -0.25) is 4.57 Å². The highest BCUT2D eigenvalue weighted by Crippen LogP contribution is 2.56. The zero-order chi connectivity index (χ0) is 13.3. The maximum Gasteiger partial charge on any atom is 0.370 e. The third kappa shape index (κ3) is 4.37. The zero-order valence-corrected chi connectivity index (χ0v) is 12.6. The summed E-state index contributed by atoms with van der Waals surface area (Å²) in [6.45, 7) is 9.95. The lowest BCUT2D eigenvalue weighted by atomic mass is 9.72. The molecule has 102 valence electrons. The third-order valence-electron chi connectivity index (χ3n) is 3.81. The molecule has 0 radical (unpaired) electrons. The van der Waals surface area contributed by atoms with E-state index in [9.17, 15) is 8.76 Å². The van der Waals surface area contributed by atoms with Crippen molar-refractivity contribution in [1.29, 1.82) is 0 Å². The van der Waals surface area contributed by atoms with Crippen molar-refractivity contribution in [3.63, 3.8) is 0 Å². The lowest BCUT2D eigenvalue weighted by Crippen LogP contribution is -2.28. The molecule has 0 aromatic rings. The molecule has 1 fully saturated rings. The fourth-order valence-corrected chi connectivity index (χ4v) is 3.22. The fraction of sp³-hybridized carbons (Fsp3) is 1.00. The number of rotatable bonds is 3. The van der Waals surface area contributed by atoms with Gasteiger partial charge in [-0.25, -0.2) is 0 Å². The summed E-state index contributed by atoms with van der Waals surface area (Å²) in [5.41, 5.74) is -0.217. The second-order valence-electron chi connectivity index (χ2n) is 6.56. The van der Waals surface area contributed by atoms with E-state index in [1.807, 2.05) is 0 Å². The Labute approximate surface area is 105 Å². The van der Waals surface area contributed by atoms with Gasteiger partial charge < -0.3 is 4.52 Å². The van der Waals surface area contributed by atoms with Crippen LogP contribution in [0.2, 0.25) is 0 Å². The summed E-state index contributed by atoms with van der Waals surface area (Å²) in [4.78, 5) is 0. The molecule has 0 N–H and O–H groups in total. The Morgan fingerprint density at radius 2 is 1.65 bits per heavy atom. The molecule has 1 unspecified atom stereocenters. The molecular formula is C13H26FO2P. The molecule has 0 heterocycles. The summed E-state index contributed by atoms with van der Waals surface area (Å²) in [6, 6.07) is 0. The van der Waals surface area contributed by atoms with E-state index < -0.39 is 13.3 Å². The molecule has 17 heavy (non-hydrogen) atoms. The maximum atomic E-state index is 13.7. The van der Waals surface area contributed by atoms with Gasteiger partial charge in [0.15, 0.2) is 0 Å². The number of hydrogen-bond acceptors (Lipinski definition) is 2. The summed E-state index contributed by atoms with van der Waals surface area (Å²) in [6.07, 6.45) is 3.62. The average molecular weight is 264 g/mol. The van der Waals surface area contributed by atoms with Gasteiger partial charge in [0.1, 0.15) is 0 Å². The van der Waals surface area contributed by atoms with Gasteiger partial charge in [-0.05, 0) is 37.0 Å². The zero-order valence-electron chi connectivity index (χ0n) is 11.7. The van der Waals surface area contributed by atoms with Gasteiger partial charge in [0.05, 0.1) is 11.8 Å². The lowest BCUT2D eigenvalue weighted by molar-refractivity contribution is 0.0835. The smallest absolute Gasteiger partial charge is 0.302 e. The molecule has 1 saturated carbocycles. The van der Waals surface area contributed by atoms with Crippen LogP contribution in [-0.2, 0) is 9.09 Å². The van der Waals surface area contributed by atoms with Crippen molar-refractivity contribution in [2.45, 2.75) is 72.1 Å². The first-order chi connectivity index (χ1) is 7.63. The van der Waals surface area contributed by atoms with Crippen LogP contribution in [0.15, 0.2) is 0 Å². The Balaban J connectivity index is 2.46. The Morgan fingerprint density at radius 3 is 2.00 bits per heavy atom. The normalized spacial score (nSPS) is 30.3. The van der Waals surface area contributed by atoms with Gasteiger partial charge in [-0.1, -0.05) is 34.6 Å². The van der Waals surface area contributed by atoms with Crippen LogP contribution in [0.25, 0.3) is 0 Å². The maximum absolute atomic E-state index is 13.7. The number of halogens is 1. The van der Waals surface area contributed by atoms with E-state index in [0.29, 0.717) is 11.3 Å². The predicted octanol–water partition coefficient (Wildman–Crippen LogP) is 5.18. The van der Waals surface area contributed by atoms with Crippen molar-refractivity contribution in [1.82, 2.24) is 0 Å². The van der Waals surface area contributed by atoms with Crippen molar-refractivity contribution in [2.24, 2.45) is 11.3 Å². The van der Waals surface area contributed by atoms with Crippen LogP contribution in [-0.4, -0.2) is 11.8 Å². The topological polar surface area (TPSA) is 26.3 Å². The Hall–Kier alpha value is 0.120. The monoisotopic (exact) mass is 264 g/mol. The van der Waals surface area contributed by atoms with Gasteiger partial charge >= 0.3 is 7.68 Å². The fourth-order valence-electron chi connectivity index (χ4n) is 2.36. The Bertz CT molecular complexity index is 288. The minimum absolute atomic E-state index is 0.146. The summed E-state index contributed by atoms with van der Waals surface area (Å²) in [5.74, 6) is 0.667. The van der Waals surface area contributed by atoms with Crippen molar-refractivity contribution >= 4 is 7.68 Å². The molecule has 0 spiro atoms. The molecule has 1 atom stereocenters. The van der Waals surface area contributed by atoms with Gasteiger partial charge in [-0.15, -0.1) is 0 Å². The molecule has 1 aliphatic rings. The van der Waals surface area contributed by atoms with Crippen molar-refractivity contribution in [3.05, 3.63) is 0 Å². The van der Waals surface area contributed by atoms with E-state index in [4.69, 9.17) is 4.52 Å². The summed E-state index contributed by atoms with van der Waals surface area (Å²) < 4.78 is 30.4. The summed E-state index contributed by atoms with van der Waals surface area (Å²) >= 11 is 0. The first-order valence-electron chi connectivity index (χ1n) is 6.60. The molecule has 0 aliphatic heterocycles. The molecule has 0 saturated heterocycles. The minimum Gasteiger partial charge on any atom is -0.302 e. The molecule has 2 nitrogen and oxygen atoms in total. The number of hydrogen-bond donors (Lipinski definition) is 0. The van der Waals surface area contributed by atoms with Crippen LogP contribution in [0.1, 0.15) is 60.3 Å². The molecule has 0 amide bonds. The average Bonchev–Trinajstić information content (AvgIpc) is 2.16. The largest absolute Gasteiger partial charge is 0.370 e. The lowest BCUT2D eigenvalue weighted by Gasteiger charge is -2.37. The Kier molecular flexibility index (Phi) is 4.82. The predicted molar refractivity (Wildman–Crippen MR) is 70.1 cm³/mol. The SMILES string of the molecule is CC(C)P(=O)(F)OC1CCC(C(C)(C)C)CC1. The van der Waals surface area contributed by atoms with Crippen LogP contribution < -0.4 is 0 Å². The minimum atomic E-state index is -3.89. The first-order valence-corrected chi connectivity index (χ1v) is 8.19. The summed E-state index contributed by atoms with van der Waals surface area (Å²) in [5, 5.41) is 0. The van der Waals surface area contributed by atoms with Crippen LogP contribution in [0.5, 0.6) is 0 Å². The molecule has 0 aromatic heterocycles. The van der Waals surface area contributed by atoms with Crippen LogP contribution >= 0.6 is 7.68 Å². The van der Waals surface area contributed by atoms with E-state index in [2.05, 4.69) is 20.8 Å². The van der Waals surface area contributed by atoms with Crippen molar-refractivity contribution in [3.8, 4) is 0 Å².